The van der Waals surface area contributed by atoms with E-state index in [9.17, 15) is 0 Å². The van der Waals surface area contributed by atoms with Gasteiger partial charge >= 0.3 is 0 Å². The van der Waals surface area contributed by atoms with E-state index >= 15 is 0 Å². The molecule has 2 aliphatic rings. The third kappa shape index (κ3) is 2.73. The molecule has 0 spiro atoms. The standard InChI is InChI=1S/C15H20ClNO2/c16-13-8-11(15(17)6-2-1-3-7-15)4-5-14(13)19-12-9-18-10-12/h4-5,8,12H,1-3,6-7,9-10,17H2. The fourth-order valence-corrected chi connectivity index (χ4v) is 3.06. The minimum Gasteiger partial charge on any atom is -0.484 e. The SMILES string of the molecule is NC1(c2ccc(OC3COC3)c(Cl)c2)CCCCC1. The van der Waals surface area contributed by atoms with Crippen molar-refractivity contribution in [2.45, 2.75) is 43.7 Å². The Bertz CT molecular complexity index is 453. The molecule has 1 aromatic rings. The number of hydrogen-bond acceptors (Lipinski definition) is 3. The van der Waals surface area contributed by atoms with Gasteiger partial charge in [-0.2, -0.15) is 0 Å². The summed E-state index contributed by atoms with van der Waals surface area (Å²) in [5.74, 6) is 0.734. The van der Waals surface area contributed by atoms with Crippen LogP contribution in [0.5, 0.6) is 5.75 Å². The summed E-state index contributed by atoms with van der Waals surface area (Å²) in [6.07, 6.45) is 5.91. The quantitative estimate of drug-likeness (QED) is 0.925. The van der Waals surface area contributed by atoms with Gasteiger partial charge in [-0.3, -0.25) is 0 Å². The van der Waals surface area contributed by atoms with E-state index in [1.807, 2.05) is 12.1 Å². The number of ether oxygens (including phenoxy) is 2. The molecule has 2 N–H and O–H groups in total. The summed E-state index contributed by atoms with van der Waals surface area (Å²) in [6, 6.07) is 5.98. The summed E-state index contributed by atoms with van der Waals surface area (Å²) in [7, 11) is 0. The smallest absolute Gasteiger partial charge is 0.145 e. The van der Waals surface area contributed by atoms with Crippen molar-refractivity contribution in [3.63, 3.8) is 0 Å². The van der Waals surface area contributed by atoms with Gasteiger partial charge in [0.1, 0.15) is 11.9 Å². The maximum absolute atomic E-state index is 6.52. The summed E-state index contributed by atoms with van der Waals surface area (Å²) < 4.78 is 10.9. The zero-order valence-corrected chi connectivity index (χ0v) is 11.8. The Morgan fingerprint density at radius 1 is 1.21 bits per heavy atom. The molecule has 0 unspecified atom stereocenters. The van der Waals surface area contributed by atoms with E-state index in [0.717, 1.165) is 24.2 Å². The molecule has 3 nitrogen and oxygen atoms in total. The molecule has 1 aliphatic carbocycles. The average molecular weight is 282 g/mol. The average Bonchev–Trinajstić information content (AvgIpc) is 2.36. The molecule has 0 amide bonds. The first-order valence-electron chi connectivity index (χ1n) is 7.01. The molecule has 104 valence electrons. The first kappa shape index (κ1) is 13.2. The Morgan fingerprint density at radius 3 is 2.53 bits per heavy atom. The Labute approximate surface area is 119 Å². The second kappa shape index (κ2) is 5.31. The van der Waals surface area contributed by atoms with E-state index in [1.54, 1.807) is 0 Å². The molecule has 1 aromatic carbocycles. The fourth-order valence-electron chi connectivity index (χ4n) is 2.84. The lowest BCUT2D eigenvalue weighted by molar-refractivity contribution is -0.0796. The lowest BCUT2D eigenvalue weighted by Gasteiger charge is -2.34. The van der Waals surface area contributed by atoms with Crippen molar-refractivity contribution in [1.82, 2.24) is 0 Å². The van der Waals surface area contributed by atoms with E-state index in [1.165, 1.54) is 19.3 Å². The number of halogens is 1. The van der Waals surface area contributed by atoms with E-state index in [2.05, 4.69) is 6.07 Å². The van der Waals surface area contributed by atoms with Gasteiger partial charge in [-0.05, 0) is 30.5 Å². The molecule has 3 rings (SSSR count). The Balaban J connectivity index is 1.77. The normalized spacial score (nSPS) is 22.8. The Morgan fingerprint density at radius 2 is 1.95 bits per heavy atom. The van der Waals surface area contributed by atoms with Crippen LogP contribution >= 0.6 is 11.6 Å². The Hall–Kier alpha value is -0.770. The first-order chi connectivity index (χ1) is 9.17. The fraction of sp³-hybridized carbons (Fsp3) is 0.600. The first-order valence-corrected chi connectivity index (χ1v) is 7.38. The zero-order valence-electron chi connectivity index (χ0n) is 11.0. The van der Waals surface area contributed by atoms with Crippen molar-refractivity contribution >= 4 is 11.6 Å². The van der Waals surface area contributed by atoms with Gasteiger partial charge in [0.15, 0.2) is 0 Å². The highest BCUT2D eigenvalue weighted by Gasteiger charge is 2.30. The molecule has 4 heteroatoms. The number of nitrogens with two attached hydrogens (primary N) is 1. The van der Waals surface area contributed by atoms with Crippen molar-refractivity contribution in [3.8, 4) is 5.75 Å². The molecular formula is C15H20ClNO2. The summed E-state index contributed by atoms with van der Waals surface area (Å²) in [4.78, 5) is 0. The molecule has 0 radical (unpaired) electrons. The molecule has 1 saturated heterocycles. The van der Waals surface area contributed by atoms with E-state index in [-0.39, 0.29) is 11.6 Å². The van der Waals surface area contributed by atoms with Crippen LogP contribution in [0.15, 0.2) is 18.2 Å². The summed E-state index contributed by atoms with van der Waals surface area (Å²) >= 11 is 6.31. The van der Waals surface area contributed by atoms with Gasteiger partial charge in [-0.1, -0.05) is 36.9 Å². The minimum atomic E-state index is -0.208. The van der Waals surface area contributed by atoms with Crippen molar-refractivity contribution in [3.05, 3.63) is 28.8 Å². The van der Waals surface area contributed by atoms with Crippen LogP contribution in [0.4, 0.5) is 0 Å². The summed E-state index contributed by atoms with van der Waals surface area (Å²) in [5, 5.41) is 0.653. The van der Waals surface area contributed by atoms with E-state index < -0.39 is 0 Å². The molecule has 19 heavy (non-hydrogen) atoms. The minimum absolute atomic E-state index is 0.143. The van der Waals surface area contributed by atoms with Crippen LogP contribution in [-0.4, -0.2) is 19.3 Å². The van der Waals surface area contributed by atoms with Crippen LogP contribution in [0, 0.1) is 0 Å². The molecule has 0 atom stereocenters. The summed E-state index contributed by atoms with van der Waals surface area (Å²) in [5.41, 5.74) is 7.44. The lowest BCUT2D eigenvalue weighted by atomic mass is 9.77. The van der Waals surface area contributed by atoms with Crippen LogP contribution in [0.3, 0.4) is 0 Å². The van der Waals surface area contributed by atoms with E-state index in [0.29, 0.717) is 18.2 Å². The van der Waals surface area contributed by atoms with Crippen LogP contribution in [0.25, 0.3) is 0 Å². The number of hydrogen-bond donors (Lipinski definition) is 1. The van der Waals surface area contributed by atoms with Crippen molar-refractivity contribution in [2.24, 2.45) is 5.73 Å². The highest BCUT2D eigenvalue weighted by Crippen LogP contribution is 2.38. The second-order valence-corrected chi connectivity index (χ2v) is 6.05. The van der Waals surface area contributed by atoms with Crippen LogP contribution in [-0.2, 0) is 10.3 Å². The van der Waals surface area contributed by atoms with Gasteiger partial charge in [0.05, 0.1) is 18.2 Å². The van der Waals surface area contributed by atoms with Gasteiger partial charge in [0.2, 0.25) is 0 Å². The van der Waals surface area contributed by atoms with Crippen molar-refractivity contribution in [2.75, 3.05) is 13.2 Å². The van der Waals surface area contributed by atoms with Crippen LogP contribution in [0.1, 0.15) is 37.7 Å². The molecular weight excluding hydrogens is 262 g/mol. The number of benzene rings is 1. The third-order valence-electron chi connectivity index (χ3n) is 4.15. The highest BCUT2D eigenvalue weighted by atomic mass is 35.5. The lowest BCUT2D eigenvalue weighted by Crippen LogP contribution is -2.39. The van der Waals surface area contributed by atoms with Gasteiger partial charge in [0, 0.05) is 5.54 Å². The van der Waals surface area contributed by atoms with Gasteiger partial charge in [0.25, 0.3) is 0 Å². The van der Waals surface area contributed by atoms with Gasteiger partial charge in [-0.15, -0.1) is 0 Å². The molecule has 1 saturated carbocycles. The molecule has 1 aliphatic heterocycles. The second-order valence-electron chi connectivity index (χ2n) is 5.64. The molecule has 2 fully saturated rings. The summed E-state index contributed by atoms with van der Waals surface area (Å²) in [6.45, 7) is 1.30. The van der Waals surface area contributed by atoms with Crippen LogP contribution in [0.2, 0.25) is 5.02 Å². The van der Waals surface area contributed by atoms with E-state index in [4.69, 9.17) is 26.8 Å². The predicted octanol–water partition coefficient (Wildman–Crippen LogP) is 3.24. The zero-order chi connectivity index (χ0) is 13.3. The number of rotatable bonds is 3. The maximum atomic E-state index is 6.52. The van der Waals surface area contributed by atoms with Crippen LogP contribution < -0.4 is 10.5 Å². The van der Waals surface area contributed by atoms with Gasteiger partial charge in [-0.25, -0.2) is 0 Å². The molecule has 0 bridgehead atoms. The van der Waals surface area contributed by atoms with Crippen molar-refractivity contribution < 1.29 is 9.47 Å². The topological polar surface area (TPSA) is 44.5 Å². The molecule has 1 heterocycles. The van der Waals surface area contributed by atoms with Crippen molar-refractivity contribution in [1.29, 1.82) is 0 Å². The third-order valence-corrected chi connectivity index (χ3v) is 4.45. The maximum Gasteiger partial charge on any atom is 0.145 e. The molecule has 0 aromatic heterocycles. The monoisotopic (exact) mass is 281 g/mol. The highest BCUT2D eigenvalue weighted by molar-refractivity contribution is 6.32. The Kier molecular flexibility index (Phi) is 3.70. The van der Waals surface area contributed by atoms with Gasteiger partial charge < -0.3 is 15.2 Å². The largest absolute Gasteiger partial charge is 0.484 e. The predicted molar refractivity (Wildman–Crippen MR) is 75.6 cm³/mol.